The lowest BCUT2D eigenvalue weighted by molar-refractivity contribution is 0.588. The predicted molar refractivity (Wildman–Crippen MR) is 146 cm³/mol. The summed E-state index contributed by atoms with van der Waals surface area (Å²) < 4.78 is 81.9. The Kier molecular flexibility index (Phi) is 8.75. The van der Waals surface area contributed by atoms with E-state index < -0.39 is 34.8 Å². The summed E-state index contributed by atoms with van der Waals surface area (Å²) in [6, 6.07) is 17.6. The Morgan fingerprint density at radius 2 is 1.27 bits per heavy atom. The maximum absolute atomic E-state index is 13.3. The number of sulfone groups is 1. The lowest BCUT2D eigenvalue weighted by atomic mass is 10.2. The monoisotopic (exact) mass is 586 g/mol. The largest absolute Gasteiger partial charge is 0.369 e. The molecule has 3 N–H and O–H groups in total. The molecule has 0 unspecified atom stereocenters. The Hall–Kier alpha value is -2.84. The molecule has 1 aliphatic rings. The maximum Gasteiger partial charge on any atom is 0.263 e. The van der Waals surface area contributed by atoms with E-state index in [1.807, 2.05) is 4.90 Å². The predicted octanol–water partition coefficient (Wildman–Crippen LogP) is 2.52. The van der Waals surface area contributed by atoms with Crippen LogP contribution in [0.3, 0.4) is 0 Å². The minimum atomic E-state index is -4.40. The molecule has 0 amide bonds. The molecule has 4 rings (SSSR count). The van der Waals surface area contributed by atoms with Gasteiger partial charge in [-0.1, -0.05) is 30.3 Å². The van der Waals surface area contributed by atoms with Crippen molar-refractivity contribution in [3.63, 3.8) is 0 Å². The molecule has 1 fully saturated rings. The number of anilines is 3. The van der Waals surface area contributed by atoms with Crippen LogP contribution in [0.4, 0.5) is 17.1 Å². The van der Waals surface area contributed by atoms with Crippen LogP contribution in [-0.4, -0.2) is 57.7 Å². The van der Waals surface area contributed by atoms with E-state index in [1.165, 1.54) is 42.5 Å². The van der Waals surface area contributed by atoms with Gasteiger partial charge in [0.25, 0.3) is 20.0 Å². The quantitative estimate of drug-likeness (QED) is 0.365. The SMILES string of the molecule is CS(=O)(=O)c1ccccc1S(=O)(=O)Nc1ccc(N2CCNCC2)cc1NS(=O)(=O)c1ccccc1.Cl. The number of benzene rings is 3. The molecule has 0 spiro atoms. The van der Waals surface area contributed by atoms with Crippen molar-refractivity contribution in [3.05, 3.63) is 72.8 Å². The fourth-order valence-electron chi connectivity index (χ4n) is 3.81. The van der Waals surface area contributed by atoms with Gasteiger partial charge in [-0.2, -0.15) is 0 Å². The molecular formula is C23H27ClN4O6S3. The van der Waals surface area contributed by atoms with Crippen LogP contribution in [0.15, 0.2) is 87.5 Å². The van der Waals surface area contributed by atoms with E-state index in [0.29, 0.717) is 18.8 Å². The van der Waals surface area contributed by atoms with Crippen molar-refractivity contribution in [1.82, 2.24) is 5.32 Å². The molecule has 1 heterocycles. The molecule has 1 aliphatic heterocycles. The summed E-state index contributed by atoms with van der Waals surface area (Å²) in [5.41, 5.74) is 0.675. The second kappa shape index (κ2) is 11.3. The molecule has 0 radical (unpaired) electrons. The first kappa shape index (κ1) is 28.7. The summed E-state index contributed by atoms with van der Waals surface area (Å²) in [6.45, 7) is 2.89. The van der Waals surface area contributed by atoms with Gasteiger partial charge in [-0.05, 0) is 42.5 Å². The van der Waals surface area contributed by atoms with E-state index in [0.717, 1.165) is 19.3 Å². The number of hydrogen-bond donors (Lipinski definition) is 3. The number of piperazine rings is 1. The Bertz CT molecular complexity index is 1580. The Labute approximate surface area is 223 Å². The van der Waals surface area contributed by atoms with Crippen molar-refractivity contribution >= 4 is 59.4 Å². The lowest BCUT2D eigenvalue weighted by Crippen LogP contribution is -2.43. The zero-order chi connectivity index (χ0) is 26.0. The van der Waals surface area contributed by atoms with Gasteiger partial charge >= 0.3 is 0 Å². The molecule has 0 aliphatic carbocycles. The summed E-state index contributed by atoms with van der Waals surface area (Å²) >= 11 is 0. The van der Waals surface area contributed by atoms with E-state index >= 15 is 0 Å². The van der Waals surface area contributed by atoms with Gasteiger partial charge in [0, 0.05) is 38.1 Å². The number of hydrogen-bond acceptors (Lipinski definition) is 8. The van der Waals surface area contributed by atoms with Crippen molar-refractivity contribution in [3.8, 4) is 0 Å². The zero-order valence-corrected chi connectivity index (χ0v) is 23.1. The normalized spacial score (nSPS) is 14.5. The van der Waals surface area contributed by atoms with Crippen LogP contribution in [-0.2, 0) is 29.9 Å². The molecule has 0 bridgehead atoms. The number of rotatable bonds is 8. The number of sulfonamides is 2. The summed E-state index contributed by atoms with van der Waals surface area (Å²) in [4.78, 5) is 1.26. The van der Waals surface area contributed by atoms with E-state index in [9.17, 15) is 25.3 Å². The topological polar surface area (TPSA) is 142 Å². The summed E-state index contributed by atoms with van der Waals surface area (Å²) in [5, 5.41) is 3.24. The van der Waals surface area contributed by atoms with Gasteiger partial charge in [0.05, 0.1) is 21.2 Å². The molecule has 37 heavy (non-hydrogen) atoms. The average molecular weight is 587 g/mol. The van der Waals surface area contributed by atoms with Gasteiger partial charge in [-0.3, -0.25) is 9.44 Å². The van der Waals surface area contributed by atoms with Crippen molar-refractivity contribution in [2.45, 2.75) is 14.7 Å². The van der Waals surface area contributed by atoms with Gasteiger partial charge in [0.15, 0.2) is 9.84 Å². The smallest absolute Gasteiger partial charge is 0.263 e. The van der Waals surface area contributed by atoms with Gasteiger partial charge < -0.3 is 10.2 Å². The third-order valence-corrected chi connectivity index (χ3v) is 9.65. The fourth-order valence-corrected chi connectivity index (χ4v) is 7.61. The molecule has 0 atom stereocenters. The fraction of sp³-hybridized carbons (Fsp3) is 0.217. The van der Waals surface area contributed by atoms with Crippen LogP contribution in [0.5, 0.6) is 0 Å². The molecule has 10 nitrogen and oxygen atoms in total. The highest BCUT2D eigenvalue weighted by Crippen LogP contribution is 2.33. The molecule has 14 heteroatoms. The third kappa shape index (κ3) is 6.73. The molecule has 3 aromatic rings. The van der Waals surface area contributed by atoms with E-state index in [2.05, 4.69) is 14.8 Å². The number of nitrogens with one attached hydrogen (secondary N) is 3. The first-order valence-electron chi connectivity index (χ1n) is 11.0. The maximum atomic E-state index is 13.3. The molecular weight excluding hydrogens is 560 g/mol. The summed E-state index contributed by atoms with van der Waals surface area (Å²) in [7, 11) is -12.3. The Balaban J connectivity index is 0.00000380. The van der Waals surface area contributed by atoms with E-state index in [1.54, 1.807) is 30.3 Å². The van der Waals surface area contributed by atoms with Crippen LogP contribution in [0.1, 0.15) is 0 Å². The molecule has 200 valence electrons. The molecule has 1 saturated heterocycles. The highest BCUT2D eigenvalue weighted by atomic mass is 35.5. The Morgan fingerprint density at radius 3 is 1.89 bits per heavy atom. The minimum absolute atomic E-state index is 0. The second-order valence-corrected chi connectivity index (χ2v) is 13.5. The van der Waals surface area contributed by atoms with E-state index in [-0.39, 0.29) is 33.6 Å². The lowest BCUT2D eigenvalue weighted by Gasteiger charge is -2.30. The first-order valence-corrected chi connectivity index (χ1v) is 15.8. The van der Waals surface area contributed by atoms with Crippen LogP contribution in [0.25, 0.3) is 0 Å². The third-order valence-electron chi connectivity index (χ3n) is 5.57. The van der Waals surface area contributed by atoms with Crippen LogP contribution in [0.2, 0.25) is 0 Å². The van der Waals surface area contributed by atoms with Crippen molar-refractivity contribution in [2.24, 2.45) is 0 Å². The van der Waals surface area contributed by atoms with E-state index in [4.69, 9.17) is 0 Å². The van der Waals surface area contributed by atoms with Crippen molar-refractivity contribution < 1.29 is 25.3 Å². The molecule has 0 aromatic heterocycles. The van der Waals surface area contributed by atoms with Gasteiger partial charge in [0.1, 0.15) is 4.90 Å². The summed E-state index contributed by atoms with van der Waals surface area (Å²) in [5.74, 6) is 0. The second-order valence-electron chi connectivity index (χ2n) is 8.21. The highest BCUT2D eigenvalue weighted by Gasteiger charge is 2.26. The van der Waals surface area contributed by atoms with Gasteiger partial charge in [0.2, 0.25) is 0 Å². The average Bonchev–Trinajstić information content (AvgIpc) is 2.85. The van der Waals surface area contributed by atoms with Gasteiger partial charge in [-0.25, -0.2) is 25.3 Å². The standard InChI is InChI=1S/C23H26N4O6S3.ClH/c1-34(28,29)22-9-5-6-10-23(22)36(32,33)25-20-12-11-18(27-15-13-24-14-16-27)17-21(20)26-35(30,31)19-7-3-2-4-8-19;/h2-12,17,24-26H,13-16H2,1H3;1H. The minimum Gasteiger partial charge on any atom is -0.369 e. The molecule has 3 aromatic carbocycles. The zero-order valence-electron chi connectivity index (χ0n) is 19.8. The van der Waals surface area contributed by atoms with Crippen LogP contribution >= 0.6 is 12.4 Å². The number of halogens is 1. The van der Waals surface area contributed by atoms with Crippen molar-refractivity contribution in [1.29, 1.82) is 0 Å². The first-order chi connectivity index (χ1) is 17.0. The summed E-state index contributed by atoms with van der Waals surface area (Å²) in [6.07, 6.45) is 0.920. The van der Waals surface area contributed by atoms with Crippen LogP contribution < -0.4 is 19.7 Å². The Morgan fingerprint density at radius 1 is 0.703 bits per heavy atom. The number of nitrogens with zero attached hydrogens (tertiary/aromatic N) is 1. The highest BCUT2D eigenvalue weighted by molar-refractivity contribution is 7.95. The van der Waals surface area contributed by atoms with Gasteiger partial charge in [-0.15, -0.1) is 12.4 Å². The van der Waals surface area contributed by atoms with Crippen LogP contribution in [0, 0.1) is 0 Å². The molecule has 0 saturated carbocycles. The van der Waals surface area contributed by atoms with Crippen molar-refractivity contribution in [2.75, 3.05) is 46.8 Å².